The van der Waals surface area contributed by atoms with Crippen LogP contribution in [0.3, 0.4) is 0 Å². The first-order chi connectivity index (χ1) is 10.1. The predicted octanol–water partition coefficient (Wildman–Crippen LogP) is 4.76. The Morgan fingerprint density at radius 1 is 1.33 bits per heavy atom. The lowest BCUT2D eigenvalue weighted by Gasteiger charge is -2.09. The van der Waals surface area contributed by atoms with E-state index in [0.717, 1.165) is 3.57 Å². The summed E-state index contributed by atoms with van der Waals surface area (Å²) in [6.45, 7) is 4.02. The number of hydrogen-bond acceptors (Lipinski definition) is 2. The number of carbonyl (C=O) groups excluding carboxylic acids is 1. The summed E-state index contributed by atoms with van der Waals surface area (Å²) in [4.78, 5) is 12.3. The molecule has 0 aromatic heterocycles. The van der Waals surface area contributed by atoms with Crippen molar-refractivity contribution < 1.29 is 9.53 Å². The van der Waals surface area contributed by atoms with E-state index in [1.165, 1.54) is 0 Å². The summed E-state index contributed by atoms with van der Waals surface area (Å²) in [5.41, 5.74) is 1.21. The van der Waals surface area contributed by atoms with Crippen molar-refractivity contribution in [3.63, 3.8) is 0 Å². The first kappa shape index (κ1) is 15.9. The quantitative estimate of drug-likeness (QED) is 0.567. The summed E-state index contributed by atoms with van der Waals surface area (Å²) >= 11 is 8.04. The van der Waals surface area contributed by atoms with E-state index in [-0.39, 0.29) is 5.91 Å². The zero-order valence-electron chi connectivity index (χ0n) is 11.1. The van der Waals surface area contributed by atoms with Crippen LogP contribution in [-0.4, -0.2) is 12.5 Å². The maximum absolute atomic E-state index is 12.3. The molecule has 0 heterocycles. The van der Waals surface area contributed by atoms with Gasteiger partial charge >= 0.3 is 0 Å². The van der Waals surface area contributed by atoms with Crippen LogP contribution in [0.2, 0.25) is 5.02 Å². The molecule has 0 radical (unpaired) electrons. The Morgan fingerprint density at radius 3 is 2.90 bits per heavy atom. The number of nitrogens with one attached hydrogen (secondary N) is 1. The summed E-state index contributed by atoms with van der Waals surface area (Å²) in [6, 6.07) is 12.4. The predicted molar refractivity (Wildman–Crippen MR) is 94.3 cm³/mol. The van der Waals surface area contributed by atoms with E-state index in [1.807, 2.05) is 12.1 Å². The molecule has 0 aliphatic carbocycles. The second-order valence-corrected chi connectivity index (χ2v) is 5.80. The molecule has 21 heavy (non-hydrogen) atoms. The van der Waals surface area contributed by atoms with Crippen molar-refractivity contribution in [2.75, 3.05) is 11.9 Å². The van der Waals surface area contributed by atoms with Gasteiger partial charge in [-0.15, -0.1) is 0 Å². The Morgan fingerprint density at radius 2 is 2.14 bits per heavy atom. The molecule has 0 unspecified atom stereocenters. The maximum atomic E-state index is 12.3. The molecule has 1 N–H and O–H groups in total. The number of benzene rings is 2. The van der Waals surface area contributed by atoms with E-state index in [2.05, 4.69) is 34.5 Å². The van der Waals surface area contributed by atoms with Crippen LogP contribution >= 0.6 is 34.2 Å². The third-order valence-electron chi connectivity index (χ3n) is 2.63. The van der Waals surface area contributed by atoms with E-state index in [9.17, 15) is 4.79 Å². The molecule has 2 rings (SSSR count). The molecule has 0 aliphatic heterocycles. The minimum Gasteiger partial charge on any atom is -0.489 e. The second-order valence-electron chi connectivity index (χ2n) is 4.21. The van der Waals surface area contributed by atoms with Gasteiger partial charge in [0.2, 0.25) is 0 Å². The lowest BCUT2D eigenvalue weighted by molar-refractivity contribution is 0.102. The first-order valence-electron chi connectivity index (χ1n) is 6.20. The molecule has 108 valence electrons. The van der Waals surface area contributed by atoms with E-state index in [1.54, 1.807) is 36.4 Å². The van der Waals surface area contributed by atoms with Crippen molar-refractivity contribution in [1.82, 2.24) is 0 Å². The van der Waals surface area contributed by atoms with Crippen molar-refractivity contribution >= 4 is 45.8 Å². The van der Waals surface area contributed by atoms with Crippen LogP contribution in [0.15, 0.2) is 55.1 Å². The van der Waals surface area contributed by atoms with Gasteiger partial charge in [0.25, 0.3) is 5.91 Å². The Balaban J connectivity index is 2.15. The molecule has 2 aromatic rings. The summed E-state index contributed by atoms with van der Waals surface area (Å²) < 4.78 is 6.28. The highest BCUT2D eigenvalue weighted by Crippen LogP contribution is 2.21. The Kier molecular flexibility index (Phi) is 5.64. The van der Waals surface area contributed by atoms with Crippen LogP contribution in [-0.2, 0) is 0 Å². The summed E-state index contributed by atoms with van der Waals surface area (Å²) in [5, 5.41) is 3.37. The van der Waals surface area contributed by atoms with Crippen LogP contribution in [0.25, 0.3) is 0 Å². The van der Waals surface area contributed by atoms with E-state index in [4.69, 9.17) is 16.3 Å². The van der Waals surface area contributed by atoms with Gasteiger partial charge in [0.1, 0.15) is 12.4 Å². The lowest BCUT2D eigenvalue weighted by atomic mass is 10.2. The average molecular weight is 414 g/mol. The van der Waals surface area contributed by atoms with Crippen molar-refractivity contribution in [2.24, 2.45) is 0 Å². The van der Waals surface area contributed by atoms with Gasteiger partial charge in [-0.1, -0.05) is 30.3 Å². The van der Waals surface area contributed by atoms with Crippen LogP contribution in [0.5, 0.6) is 5.75 Å². The second kappa shape index (κ2) is 7.47. The number of rotatable bonds is 5. The molecular weight excluding hydrogens is 401 g/mol. The Bertz CT molecular complexity index is 673. The normalized spacial score (nSPS) is 10.0. The monoisotopic (exact) mass is 413 g/mol. The molecule has 3 nitrogen and oxygen atoms in total. The third kappa shape index (κ3) is 4.47. The molecule has 0 bridgehead atoms. The molecule has 0 saturated carbocycles. The SMILES string of the molecule is C=CCOc1cccc(NC(=O)c2cc(Cl)ccc2I)c1. The van der Waals surface area contributed by atoms with E-state index >= 15 is 0 Å². The van der Waals surface area contributed by atoms with Gasteiger partial charge in [-0.3, -0.25) is 4.79 Å². The number of halogens is 2. The number of anilines is 1. The fraction of sp³-hybridized carbons (Fsp3) is 0.0625. The van der Waals surface area contributed by atoms with Gasteiger partial charge in [-0.05, 0) is 52.9 Å². The molecular formula is C16H13ClINO2. The molecule has 0 saturated heterocycles. The van der Waals surface area contributed by atoms with E-state index in [0.29, 0.717) is 28.6 Å². The number of amides is 1. The van der Waals surface area contributed by atoms with Crippen LogP contribution in [0, 0.1) is 3.57 Å². The average Bonchev–Trinajstić information content (AvgIpc) is 2.48. The minimum atomic E-state index is -0.206. The molecule has 0 spiro atoms. The van der Waals surface area contributed by atoms with Gasteiger partial charge in [-0.2, -0.15) is 0 Å². The molecule has 0 atom stereocenters. The highest BCUT2D eigenvalue weighted by molar-refractivity contribution is 14.1. The number of hydrogen-bond donors (Lipinski definition) is 1. The highest BCUT2D eigenvalue weighted by Gasteiger charge is 2.11. The minimum absolute atomic E-state index is 0.206. The van der Waals surface area contributed by atoms with Crippen molar-refractivity contribution in [1.29, 1.82) is 0 Å². The smallest absolute Gasteiger partial charge is 0.256 e. The Labute approximate surface area is 142 Å². The van der Waals surface area contributed by atoms with Gasteiger partial charge < -0.3 is 10.1 Å². The van der Waals surface area contributed by atoms with Crippen LogP contribution < -0.4 is 10.1 Å². The zero-order valence-corrected chi connectivity index (χ0v) is 14.0. The van der Waals surface area contributed by atoms with Crippen LogP contribution in [0.1, 0.15) is 10.4 Å². The van der Waals surface area contributed by atoms with Gasteiger partial charge in [0.05, 0.1) is 5.56 Å². The summed E-state index contributed by atoms with van der Waals surface area (Å²) in [7, 11) is 0. The van der Waals surface area contributed by atoms with Crippen molar-refractivity contribution in [3.05, 3.63) is 69.3 Å². The zero-order chi connectivity index (χ0) is 15.2. The molecule has 0 fully saturated rings. The van der Waals surface area contributed by atoms with Crippen molar-refractivity contribution in [2.45, 2.75) is 0 Å². The van der Waals surface area contributed by atoms with Crippen molar-refractivity contribution in [3.8, 4) is 5.75 Å². The van der Waals surface area contributed by atoms with Gasteiger partial charge in [0, 0.05) is 20.3 Å². The fourth-order valence-corrected chi connectivity index (χ4v) is 2.44. The lowest BCUT2D eigenvalue weighted by Crippen LogP contribution is -2.13. The highest BCUT2D eigenvalue weighted by atomic mass is 127. The molecule has 2 aromatic carbocycles. The summed E-state index contributed by atoms with van der Waals surface area (Å²) in [5.74, 6) is 0.469. The van der Waals surface area contributed by atoms with Gasteiger partial charge in [0.15, 0.2) is 0 Å². The number of carbonyl (C=O) groups is 1. The number of ether oxygens (including phenoxy) is 1. The van der Waals surface area contributed by atoms with Crippen LogP contribution in [0.4, 0.5) is 5.69 Å². The molecule has 0 aliphatic rings. The maximum Gasteiger partial charge on any atom is 0.256 e. The molecule has 5 heteroatoms. The van der Waals surface area contributed by atoms with E-state index < -0.39 is 0 Å². The summed E-state index contributed by atoms with van der Waals surface area (Å²) in [6.07, 6.45) is 1.67. The molecule has 1 amide bonds. The fourth-order valence-electron chi connectivity index (χ4n) is 1.69. The largest absolute Gasteiger partial charge is 0.489 e. The standard InChI is InChI=1S/C16H13ClINO2/c1-2-8-21-13-5-3-4-12(10-13)19-16(20)14-9-11(17)6-7-15(14)18/h2-7,9-10H,1,8H2,(H,19,20). The third-order valence-corrected chi connectivity index (χ3v) is 3.81. The van der Waals surface area contributed by atoms with Gasteiger partial charge in [-0.25, -0.2) is 0 Å². The topological polar surface area (TPSA) is 38.3 Å². The Hall–Kier alpha value is -1.53. The first-order valence-corrected chi connectivity index (χ1v) is 7.66.